The van der Waals surface area contributed by atoms with Gasteiger partial charge in [-0.1, -0.05) is 42.5 Å². The lowest BCUT2D eigenvalue weighted by molar-refractivity contribution is -0.171. The highest BCUT2D eigenvalue weighted by Gasteiger charge is 2.46. The quantitative estimate of drug-likeness (QED) is 0.230. The second-order valence-corrected chi connectivity index (χ2v) is 9.66. The maximum Gasteiger partial charge on any atom is 0.410 e. The monoisotopic (exact) mass is 515 g/mol. The molecule has 10 heteroatoms. The number of nitrogens with two attached hydrogens (primary N) is 1. The molecule has 1 heterocycles. The number of rotatable bonds is 9. The standard InChI is InChI=1S/C27H37N3O7/c1-6-11-20-16-29(26(34)36-18-19-12-8-7-9-13-19)17-22(25(33)35-5)30(20)23(31)21(14-10-15-28)24(32)37-27(2,3)4/h6-10,12-13,15,20-22H,1,11,14,16-18,28H2,2-5H3. The molecule has 1 fully saturated rings. The van der Waals surface area contributed by atoms with E-state index in [1.807, 2.05) is 30.3 Å². The van der Waals surface area contributed by atoms with Crippen molar-refractivity contribution < 1.29 is 33.4 Å². The highest BCUT2D eigenvalue weighted by Crippen LogP contribution is 2.26. The van der Waals surface area contributed by atoms with E-state index in [2.05, 4.69) is 6.58 Å². The van der Waals surface area contributed by atoms with Crippen molar-refractivity contribution in [1.82, 2.24) is 9.80 Å². The van der Waals surface area contributed by atoms with Gasteiger partial charge in [0.15, 0.2) is 0 Å². The zero-order valence-electron chi connectivity index (χ0n) is 21.9. The van der Waals surface area contributed by atoms with E-state index < -0.39 is 47.5 Å². The number of carbonyl (C=O) groups excluding carboxylic acids is 4. The average molecular weight is 516 g/mol. The van der Waals surface area contributed by atoms with Gasteiger partial charge in [-0.2, -0.15) is 0 Å². The molecule has 3 unspecified atom stereocenters. The fourth-order valence-corrected chi connectivity index (χ4v) is 4.03. The van der Waals surface area contributed by atoms with E-state index in [1.54, 1.807) is 26.8 Å². The van der Waals surface area contributed by atoms with Crippen LogP contribution in [0.4, 0.5) is 4.79 Å². The molecule has 1 aromatic rings. The number of ether oxygens (including phenoxy) is 3. The fraction of sp³-hybridized carbons (Fsp3) is 0.481. The van der Waals surface area contributed by atoms with Crippen LogP contribution in [0.5, 0.6) is 0 Å². The molecule has 1 aliphatic heterocycles. The Morgan fingerprint density at radius 2 is 1.84 bits per heavy atom. The van der Waals surface area contributed by atoms with Crippen molar-refractivity contribution in [2.75, 3.05) is 20.2 Å². The Bertz CT molecular complexity index is 987. The number of amides is 2. The van der Waals surface area contributed by atoms with Crippen LogP contribution in [-0.2, 0) is 35.2 Å². The lowest BCUT2D eigenvalue weighted by atomic mass is 9.96. The lowest BCUT2D eigenvalue weighted by Crippen LogP contribution is -2.65. The van der Waals surface area contributed by atoms with Crippen molar-refractivity contribution in [3.05, 3.63) is 60.8 Å². The molecular weight excluding hydrogens is 478 g/mol. The van der Waals surface area contributed by atoms with Crippen LogP contribution in [0, 0.1) is 5.92 Å². The zero-order valence-corrected chi connectivity index (χ0v) is 21.9. The van der Waals surface area contributed by atoms with Crippen LogP contribution in [0.15, 0.2) is 55.3 Å². The van der Waals surface area contributed by atoms with Crippen LogP contribution in [0.1, 0.15) is 39.2 Å². The van der Waals surface area contributed by atoms with Gasteiger partial charge in [-0.15, -0.1) is 6.58 Å². The van der Waals surface area contributed by atoms with E-state index in [0.717, 1.165) is 5.56 Å². The zero-order chi connectivity index (χ0) is 27.6. The number of hydrogen-bond acceptors (Lipinski definition) is 8. The van der Waals surface area contributed by atoms with Crippen LogP contribution in [0.25, 0.3) is 0 Å². The minimum Gasteiger partial charge on any atom is -0.467 e. The van der Waals surface area contributed by atoms with Gasteiger partial charge >= 0.3 is 18.0 Å². The third-order valence-electron chi connectivity index (χ3n) is 5.68. The Morgan fingerprint density at radius 3 is 2.41 bits per heavy atom. The molecule has 0 aromatic heterocycles. The predicted octanol–water partition coefficient (Wildman–Crippen LogP) is 2.77. The SMILES string of the molecule is C=CCC1CN(C(=O)OCc2ccccc2)CC(C(=O)OC)N1C(=O)C(CC=CN)C(=O)OC(C)(C)C. The van der Waals surface area contributed by atoms with Crippen molar-refractivity contribution in [2.45, 2.75) is 57.9 Å². The number of methoxy groups -OCH3 is 1. The Kier molecular flexibility index (Phi) is 10.7. The van der Waals surface area contributed by atoms with E-state index >= 15 is 0 Å². The van der Waals surface area contributed by atoms with Crippen LogP contribution < -0.4 is 5.73 Å². The first-order valence-corrected chi connectivity index (χ1v) is 12.1. The summed E-state index contributed by atoms with van der Waals surface area (Å²) in [5.41, 5.74) is 5.46. The van der Waals surface area contributed by atoms with Gasteiger partial charge in [-0.25, -0.2) is 9.59 Å². The highest BCUT2D eigenvalue weighted by atomic mass is 16.6. The Labute approximate surface area is 218 Å². The van der Waals surface area contributed by atoms with E-state index in [0.29, 0.717) is 0 Å². The summed E-state index contributed by atoms with van der Waals surface area (Å²) >= 11 is 0. The first-order valence-electron chi connectivity index (χ1n) is 12.1. The first-order chi connectivity index (χ1) is 17.5. The van der Waals surface area contributed by atoms with E-state index in [9.17, 15) is 19.2 Å². The molecule has 2 amide bonds. The molecule has 0 saturated carbocycles. The molecule has 1 aliphatic rings. The summed E-state index contributed by atoms with van der Waals surface area (Å²) < 4.78 is 15.9. The van der Waals surface area contributed by atoms with Crippen molar-refractivity contribution in [1.29, 1.82) is 0 Å². The third-order valence-corrected chi connectivity index (χ3v) is 5.68. The Hall–Kier alpha value is -3.82. The van der Waals surface area contributed by atoms with Gasteiger partial charge in [0.05, 0.1) is 19.7 Å². The third kappa shape index (κ3) is 8.37. The topological polar surface area (TPSA) is 128 Å². The number of piperazine rings is 1. The van der Waals surface area contributed by atoms with Gasteiger partial charge < -0.3 is 29.7 Å². The molecule has 37 heavy (non-hydrogen) atoms. The van der Waals surface area contributed by atoms with E-state index in [4.69, 9.17) is 19.9 Å². The number of allylic oxidation sites excluding steroid dienone is 1. The number of hydrogen-bond donors (Lipinski definition) is 1. The van der Waals surface area contributed by atoms with Gasteiger partial charge in [-0.3, -0.25) is 9.59 Å². The summed E-state index contributed by atoms with van der Waals surface area (Å²) in [6, 6.07) is 7.37. The molecule has 1 saturated heterocycles. The molecule has 202 valence electrons. The van der Waals surface area contributed by atoms with Crippen LogP contribution in [0.2, 0.25) is 0 Å². The maximum absolute atomic E-state index is 13.8. The summed E-state index contributed by atoms with van der Waals surface area (Å²) in [5.74, 6) is -3.32. The van der Waals surface area contributed by atoms with Crippen LogP contribution in [0.3, 0.4) is 0 Å². The second kappa shape index (κ2) is 13.5. The largest absolute Gasteiger partial charge is 0.467 e. The maximum atomic E-state index is 13.8. The highest BCUT2D eigenvalue weighted by molar-refractivity contribution is 6.00. The van der Waals surface area contributed by atoms with Gasteiger partial charge in [0.2, 0.25) is 5.91 Å². The molecule has 3 atom stereocenters. The summed E-state index contributed by atoms with van der Waals surface area (Å²) in [7, 11) is 1.20. The summed E-state index contributed by atoms with van der Waals surface area (Å²) in [6.45, 7) is 8.82. The second-order valence-electron chi connectivity index (χ2n) is 9.66. The normalized spacial score (nSPS) is 18.7. The van der Waals surface area contributed by atoms with Crippen molar-refractivity contribution in [2.24, 2.45) is 11.7 Å². The van der Waals surface area contributed by atoms with Gasteiger partial charge in [0, 0.05) is 6.54 Å². The average Bonchev–Trinajstić information content (AvgIpc) is 2.86. The van der Waals surface area contributed by atoms with Crippen molar-refractivity contribution in [3.63, 3.8) is 0 Å². The lowest BCUT2D eigenvalue weighted by Gasteiger charge is -2.45. The molecule has 0 bridgehead atoms. The van der Waals surface area contributed by atoms with Crippen LogP contribution in [-0.4, -0.2) is 71.6 Å². The van der Waals surface area contributed by atoms with E-state index in [1.165, 1.54) is 29.2 Å². The smallest absolute Gasteiger partial charge is 0.410 e. The van der Waals surface area contributed by atoms with Gasteiger partial charge in [0.1, 0.15) is 24.2 Å². The molecule has 0 radical (unpaired) electrons. The van der Waals surface area contributed by atoms with Gasteiger partial charge in [0.25, 0.3) is 0 Å². The molecule has 0 aliphatic carbocycles. The minimum atomic E-state index is -1.24. The molecular formula is C27H37N3O7. The molecule has 0 spiro atoms. The predicted molar refractivity (Wildman–Crippen MR) is 137 cm³/mol. The number of esters is 2. The molecule has 2 rings (SSSR count). The summed E-state index contributed by atoms with van der Waals surface area (Å²) in [4.78, 5) is 55.2. The van der Waals surface area contributed by atoms with E-state index in [-0.39, 0.29) is 32.5 Å². The summed E-state index contributed by atoms with van der Waals surface area (Å²) in [6.07, 6.45) is 3.92. The first kappa shape index (κ1) is 29.4. The Morgan fingerprint density at radius 1 is 1.16 bits per heavy atom. The van der Waals surface area contributed by atoms with Gasteiger partial charge in [-0.05, 0) is 45.4 Å². The molecule has 10 nitrogen and oxygen atoms in total. The van der Waals surface area contributed by atoms with Crippen LogP contribution >= 0.6 is 0 Å². The number of nitrogens with zero attached hydrogens (tertiary/aromatic N) is 2. The fourth-order valence-electron chi connectivity index (χ4n) is 4.03. The Balaban J connectivity index is 2.34. The molecule has 2 N–H and O–H groups in total. The summed E-state index contributed by atoms with van der Waals surface area (Å²) in [5, 5.41) is 0. The molecule has 1 aromatic carbocycles. The minimum absolute atomic E-state index is 0.0156. The number of carbonyl (C=O) groups is 4. The number of benzene rings is 1. The van der Waals surface area contributed by atoms with Crippen molar-refractivity contribution in [3.8, 4) is 0 Å². The van der Waals surface area contributed by atoms with Crippen molar-refractivity contribution >= 4 is 23.9 Å².